The lowest BCUT2D eigenvalue weighted by Gasteiger charge is -2.32. The highest BCUT2D eigenvalue weighted by Crippen LogP contribution is 2.17. The maximum Gasteiger partial charge on any atom is 0.326 e. The van der Waals surface area contributed by atoms with Crippen molar-refractivity contribution in [2.24, 2.45) is 0 Å². The average molecular weight is 196 g/mol. The van der Waals surface area contributed by atoms with E-state index in [-0.39, 0.29) is 12.3 Å². The standard InChI is InChI=1S/C9H12N2O3/c10-5-4-8(12)11-6-2-1-3-7(11)9(13)14/h7H,1-4,6H2,(H,13,14)/t7-/m1/s1. The third-order valence-electron chi connectivity index (χ3n) is 2.34. The molecule has 1 heterocycles. The third kappa shape index (κ3) is 2.22. The van der Waals surface area contributed by atoms with Crippen molar-refractivity contribution in [1.82, 2.24) is 4.90 Å². The maximum atomic E-state index is 11.4. The highest BCUT2D eigenvalue weighted by Gasteiger charge is 2.31. The number of likely N-dealkylation sites (tertiary alicyclic amines) is 1. The van der Waals surface area contributed by atoms with Crippen LogP contribution in [0.15, 0.2) is 0 Å². The van der Waals surface area contributed by atoms with Gasteiger partial charge in [-0.25, -0.2) is 4.79 Å². The number of rotatable bonds is 2. The van der Waals surface area contributed by atoms with Crippen LogP contribution in [-0.4, -0.2) is 34.5 Å². The van der Waals surface area contributed by atoms with Crippen LogP contribution in [0.5, 0.6) is 0 Å². The van der Waals surface area contributed by atoms with E-state index in [0.29, 0.717) is 13.0 Å². The predicted octanol–water partition coefficient (Wildman–Crippen LogP) is 0.366. The Bertz CT molecular complexity index is 282. The summed E-state index contributed by atoms with van der Waals surface area (Å²) in [6.45, 7) is 0.456. The van der Waals surface area contributed by atoms with Gasteiger partial charge in [-0.15, -0.1) is 0 Å². The lowest BCUT2D eigenvalue weighted by molar-refractivity contribution is -0.151. The van der Waals surface area contributed by atoms with Gasteiger partial charge in [-0.1, -0.05) is 0 Å². The number of amides is 1. The van der Waals surface area contributed by atoms with Crippen LogP contribution in [0, 0.1) is 11.3 Å². The Kier molecular flexibility index (Phi) is 3.46. The van der Waals surface area contributed by atoms with Crippen molar-refractivity contribution in [3.63, 3.8) is 0 Å². The Hall–Kier alpha value is -1.57. The fourth-order valence-corrected chi connectivity index (χ4v) is 1.66. The number of carboxylic acids is 1. The molecule has 1 N–H and O–H groups in total. The van der Waals surface area contributed by atoms with E-state index in [4.69, 9.17) is 10.4 Å². The fraction of sp³-hybridized carbons (Fsp3) is 0.667. The molecule has 0 radical (unpaired) electrons. The van der Waals surface area contributed by atoms with Crippen molar-refractivity contribution < 1.29 is 14.7 Å². The summed E-state index contributed by atoms with van der Waals surface area (Å²) < 4.78 is 0. The first-order valence-electron chi connectivity index (χ1n) is 4.56. The summed E-state index contributed by atoms with van der Waals surface area (Å²) in [6.07, 6.45) is 1.91. The van der Waals surface area contributed by atoms with Crippen molar-refractivity contribution in [2.45, 2.75) is 31.7 Å². The van der Waals surface area contributed by atoms with Crippen molar-refractivity contribution in [3.05, 3.63) is 0 Å². The van der Waals surface area contributed by atoms with Gasteiger partial charge in [-0.3, -0.25) is 4.79 Å². The molecule has 0 aromatic heterocycles. The number of carbonyl (C=O) groups is 2. The molecule has 5 nitrogen and oxygen atoms in total. The minimum Gasteiger partial charge on any atom is -0.480 e. The Balaban J connectivity index is 2.68. The van der Waals surface area contributed by atoms with Crippen molar-refractivity contribution in [3.8, 4) is 6.07 Å². The van der Waals surface area contributed by atoms with Gasteiger partial charge in [0.15, 0.2) is 0 Å². The van der Waals surface area contributed by atoms with Crippen molar-refractivity contribution in [2.75, 3.05) is 6.54 Å². The van der Waals surface area contributed by atoms with Crippen LogP contribution in [0.25, 0.3) is 0 Å². The summed E-state index contributed by atoms with van der Waals surface area (Å²) >= 11 is 0. The van der Waals surface area contributed by atoms with Gasteiger partial charge >= 0.3 is 5.97 Å². The molecule has 14 heavy (non-hydrogen) atoms. The van der Waals surface area contributed by atoms with Gasteiger partial charge in [0.25, 0.3) is 0 Å². The SMILES string of the molecule is N#CCC(=O)N1CCCC[C@@H]1C(=O)O. The van der Waals surface area contributed by atoms with Crippen LogP contribution in [0.2, 0.25) is 0 Å². The van der Waals surface area contributed by atoms with E-state index in [0.717, 1.165) is 12.8 Å². The number of piperidine rings is 1. The van der Waals surface area contributed by atoms with Crippen LogP contribution in [-0.2, 0) is 9.59 Å². The van der Waals surface area contributed by atoms with Crippen LogP contribution >= 0.6 is 0 Å². The Morgan fingerprint density at radius 3 is 2.79 bits per heavy atom. The lowest BCUT2D eigenvalue weighted by atomic mass is 10.0. The molecule has 1 saturated heterocycles. The lowest BCUT2D eigenvalue weighted by Crippen LogP contribution is -2.47. The quantitative estimate of drug-likeness (QED) is 0.691. The van der Waals surface area contributed by atoms with Crippen LogP contribution in [0.4, 0.5) is 0 Å². The highest BCUT2D eigenvalue weighted by molar-refractivity contribution is 5.84. The monoisotopic (exact) mass is 196 g/mol. The molecule has 0 saturated carbocycles. The minimum absolute atomic E-state index is 0.232. The van der Waals surface area contributed by atoms with E-state index >= 15 is 0 Å². The van der Waals surface area contributed by atoms with Gasteiger partial charge in [0, 0.05) is 6.54 Å². The molecule has 1 aliphatic rings. The smallest absolute Gasteiger partial charge is 0.326 e. The number of nitrogens with zero attached hydrogens (tertiary/aromatic N) is 2. The number of carbonyl (C=O) groups excluding carboxylic acids is 1. The van der Waals surface area contributed by atoms with E-state index in [1.54, 1.807) is 6.07 Å². The number of carboxylic acid groups (broad SMARTS) is 1. The Labute approximate surface area is 81.9 Å². The van der Waals surface area contributed by atoms with Gasteiger partial charge < -0.3 is 10.0 Å². The zero-order valence-corrected chi connectivity index (χ0v) is 7.77. The van der Waals surface area contributed by atoms with Gasteiger partial charge in [0.1, 0.15) is 12.5 Å². The number of nitriles is 1. The largest absolute Gasteiger partial charge is 0.480 e. The number of aliphatic carboxylic acids is 1. The van der Waals surface area contributed by atoms with E-state index in [9.17, 15) is 9.59 Å². The highest BCUT2D eigenvalue weighted by atomic mass is 16.4. The fourth-order valence-electron chi connectivity index (χ4n) is 1.66. The molecule has 0 aromatic rings. The van der Waals surface area contributed by atoms with Gasteiger partial charge in [0.2, 0.25) is 5.91 Å². The maximum absolute atomic E-state index is 11.4. The molecule has 0 aliphatic carbocycles. The molecule has 1 rings (SSSR count). The first kappa shape index (κ1) is 10.5. The second-order valence-corrected chi connectivity index (χ2v) is 3.27. The predicted molar refractivity (Wildman–Crippen MR) is 47.2 cm³/mol. The molecule has 0 unspecified atom stereocenters. The second kappa shape index (κ2) is 4.61. The summed E-state index contributed by atoms with van der Waals surface area (Å²) in [7, 11) is 0. The average Bonchev–Trinajstić information content (AvgIpc) is 2.18. The van der Waals surface area contributed by atoms with Gasteiger partial charge in [0.05, 0.1) is 6.07 Å². The van der Waals surface area contributed by atoms with Crippen LogP contribution in [0.1, 0.15) is 25.7 Å². The normalized spacial score (nSPS) is 21.4. The van der Waals surface area contributed by atoms with Crippen LogP contribution in [0.3, 0.4) is 0 Å². The molecule has 76 valence electrons. The van der Waals surface area contributed by atoms with Crippen molar-refractivity contribution in [1.29, 1.82) is 5.26 Å². The van der Waals surface area contributed by atoms with Crippen LogP contribution < -0.4 is 0 Å². The van der Waals surface area contributed by atoms with E-state index in [2.05, 4.69) is 0 Å². The molecule has 0 bridgehead atoms. The molecular formula is C9H12N2O3. The Morgan fingerprint density at radius 2 is 2.21 bits per heavy atom. The van der Waals surface area contributed by atoms with E-state index < -0.39 is 12.0 Å². The molecule has 1 amide bonds. The van der Waals surface area contributed by atoms with Crippen molar-refractivity contribution >= 4 is 11.9 Å². The molecule has 0 aromatic carbocycles. The summed E-state index contributed by atoms with van der Waals surface area (Å²) in [5.41, 5.74) is 0. The summed E-state index contributed by atoms with van der Waals surface area (Å²) in [6, 6.07) is 1.01. The molecule has 1 fully saturated rings. The zero-order valence-electron chi connectivity index (χ0n) is 7.77. The first-order valence-corrected chi connectivity index (χ1v) is 4.56. The summed E-state index contributed by atoms with van der Waals surface area (Å²) in [4.78, 5) is 23.5. The minimum atomic E-state index is -0.976. The molecular weight excluding hydrogens is 184 g/mol. The van der Waals surface area contributed by atoms with Gasteiger partial charge in [-0.05, 0) is 19.3 Å². The topological polar surface area (TPSA) is 81.4 Å². The first-order chi connectivity index (χ1) is 6.66. The van der Waals surface area contributed by atoms with E-state index in [1.165, 1.54) is 4.90 Å². The summed E-state index contributed by atoms with van der Waals surface area (Å²) in [5, 5.41) is 17.2. The molecule has 1 atom stereocenters. The summed E-state index contributed by atoms with van der Waals surface area (Å²) in [5.74, 6) is -1.35. The zero-order chi connectivity index (χ0) is 10.6. The second-order valence-electron chi connectivity index (χ2n) is 3.27. The number of hydrogen-bond donors (Lipinski definition) is 1. The Morgan fingerprint density at radius 1 is 1.50 bits per heavy atom. The molecule has 0 spiro atoms. The van der Waals surface area contributed by atoms with E-state index in [1.807, 2.05) is 0 Å². The molecule has 1 aliphatic heterocycles. The van der Waals surface area contributed by atoms with Gasteiger partial charge in [-0.2, -0.15) is 5.26 Å². The number of hydrogen-bond acceptors (Lipinski definition) is 3. The molecule has 5 heteroatoms. The third-order valence-corrected chi connectivity index (χ3v) is 2.34.